The lowest BCUT2D eigenvalue weighted by atomic mass is 9.87. The molecule has 27 heavy (non-hydrogen) atoms. The van der Waals surface area contributed by atoms with Crippen LogP contribution in [-0.2, 0) is 10.2 Å². The van der Waals surface area contributed by atoms with Gasteiger partial charge in [0.2, 0.25) is 0 Å². The van der Waals surface area contributed by atoms with E-state index in [1.807, 2.05) is 12.1 Å². The molecule has 8 heteroatoms. The Morgan fingerprint density at radius 3 is 2.52 bits per heavy atom. The highest BCUT2D eigenvalue weighted by Crippen LogP contribution is 2.24. The fraction of sp³-hybridized carbons (Fsp3) is 0.263. The Morgan fingerprint density at radius 2 is 1.93 bits per heavy atom. The van der Waals surface area contributed by atoms with Gasteiger partial charge in [-0.15, -0.1) is 0 Å². The standard InChI is InChI=1S/C19H21N3O5/c1-19(2,3)14-4-7-16(8-5-14)27-12-18(24)21-20-11-13-10-15(23)6-9-17(13)22(25)26/h4-11,23H,12H2,1-3H3,(H,21,24)/b20-11-. The summed E-state index contributed by atoms with van der Waals surface area (Å²) in [6.45, 7) is 6.05. The van der Waals surface area contributed by atoms with Gasteiger partial charge in [-0.25, -0.2) is 5.43 Å². The van der Waals surface area contributed by atoms with Crippen LogP contribution in [0, 0.1) is 10.1 Å². The zero-order valence-corrected chi connectivity index (χ0v) is 15.3. The summed E-state index contributed by atoms with van der Waals surface area (Å²) < 4.78 is 5.39. The molecule has 0 unspecified atom stereocenters. The number of hydrogen-bond acceptors (Lipinski definition) is 6. The molecule has 1 amide bonds. The second kappa shape index (κ2) is 8.31. The Labute approximate surface area is 156 Å². The first-order chi connectivity index (χ1) is 12.7. The van der Waals surface area contributed by atoms with E-state index in [0.29, 0.717) is 5.75 Å². The van der Waals surface area contributed by atoms with Crippen molar-refractivity contribution in [1.82, 2.24) is 5.43 Å². The highest BCUT2D eigenvalue weighted by Gasteiger charge is 2.14. The van der Waals surface area contributed by atoms with Crippen LogP contribution < -0.4 is 10.2 Å². The van der Waals surface area contributed by atoms with Crippen molar-refractivity contribution >= 4 is 17.8 Å². The van der Waals surface area contributed by atoms with Gasteiger partial charge < -0.3 is 9.84 Å². The van der Waals surface area contributed by atoms with E-state index in [0.717, 1.165) is 17.8 Å². The van der Waals surface area contributed by atoms with Crippen molar-refractivity contribution in [3.05, 3.63) is 63.7 Å². The molecule has 0 saturated carbocycles. The van der Waals surface area contributed by atoms with Crippen molar-refractivity contribution in [3.8, 4) is 11.5 Å². The second-order valence-electron chi connectivity index (χ2n) is 6.86. The Hall–Kier alpha value is -3.42. The number of nitro groups is 1. The van der Waals surface area contributed by atoms with Crippen LogP contribution in [0.4, 0.5) is 5.69 Å². The van der Waals surface area contributed by atoms with Crippen molar-refractivity contribution in [3.63, 3.8) is 0 Å². The summed E-state index contributed by atoms with van der Waals surface area (Å²) >= 11 is 0. The van der Waals surface area contributed by atoms with Crippen molar-refractivity contribution in [2.45, 2.75) is 26.2 Å². The number of phenols is 1. The Bertz CT molecular complexity index is 855. The first kappa shape index (κ1) is 19.9. The molecule has 0 aliphatic rings. The highest BCUT2D eigenvalue weighted by molar-refractivity contribution is 5.87. The zero-order valence-electron chi connectivity index (χ0n) is 15.3. The minimum atomic E-state index is -0.604. The molecule has 0 aromatic heterocycles. The van der Waals surface area contributed by atoms with Gasteiger partial charge in [0.1, 0.15) is 11.5 Å². The number of nitrogens with one attached hydrogen (secondary N) is 1. The maximum atomic E-state index is 11.8. The van der Waals surface area contributed by atoms with Crippen LogP contribution in [0.25, 0.3) is 0 Å². The first-order valence-corrected chi connectivity index (χ1v) is 8.19. The molecule has 0 fully saturated rings. The molecule has 2 rings (SSSR count). The van der Waals surface area contributed by atoms with Crippen LogP contribution in [0.3, 0.4) is 0 Å². The molecule has 0 heterocycles. The molecule has 0 saturated heterocycles. The van der Waals surface area contributed by atoms with Gasteiger partial charge in [-0.2, -0.15) is 5.10 Å². The normalized spacial score (nSPS) is 11.4. The lowest BCUT2D eigenvalue weighted by Gasteiger charge is -2.19. The van der Waals surface area contributed by atoms with Gasteiger partial charge >= 0.3 is 0 Å². The summed E-state index contributed by atoms with van der Waals surface area (Å²) in [7, 11) is 0. The predicted molar refractivity (Wildman–Crippen MR) is 101 cm³/mol. The van der Waals surface area contributed by atoms with E-state index in [-0.39, 0.29) is 29.0 Å². The average molecular weight is 371 g/mol. The monoisotopic (exact) mass is 371 g/mol. The summed E-state index contributed by atoms with van der Waals surface area (Å²) in [6, 6.07) is 11.0. The lowest BCUT2D eigenvalue weighted by Crippen LogP contribution is -2.24. The molecule has 2 aromatic rings. The topological polar surface area (TPSA) is 114 Å². The molecule has 2 aromatic carbocycles. The Kier molecular flexibility index (Phi) is 6.12. The summed E-state index contributed by atoms with van der Waals surface area (Å²) in [5.41, 5.74) is 3.23. The van der Waals surface area contributed by atoms with Gasteiger partial charge in [0, 0.05) is 6.07 Å². The van der Waals surface area contributed by atoms with Gasteiger partial charge in [-0.05, 0) is 35.2 Å². The number of nitrogens with zero attached hydrogens (tertiary/aromatic N) is 2. The summed E-state index contributed by atoms with van der Waals surface area (Å²) in [5.74, 6) is -0.116. The van der Waals surface area contributed by atoms with Gasteiger partial charge in [0.15, 0.2) is 6.61 Å². The zero-order chi connectivity index (χ0) is 20.0. The van der Waals surface area contributed by atoms with Crippen LogP contribution in [0.2, 0.25) is 0 Å². The number of ether oxygens (including phenoxy) is 1. The van der Waals surface area contributed by atoms with E-state index in [1.54, 1.807) is 12.1 Å². The van der Waals surface area contributed by atoms with Crippen molar-refractivity contribution in [2.75, 3.05) is 6.61 Å². The number of rotatable bonds is 6. The molecular weight excluding hydrogens is 350 g/mol. The molecule has 0 aliphatic heterocycles. The van der Waals surface area contributed by atoms with E-state index < -0.39 is 10.8 Å². The molecule has 0 spiro atoms. The summed E-state index contributed by atoms with van der Waals surface area (Å²) in [6.07, 6.45) is 1.09. The van der Waals surface area contributed by atoms with Crippen molar-refractivity contribution < 1.29 is 19.6 Å². The number of amides is 1. The molecule has 0 aliphatic carbocycles. The third-order valence-electron chi connectivity index (χ3n) is 3.69. The van der Waals surface area contributed by atoms with Gasteiger partial charge in [-0.1, -0.05) is 32.9 Å². The maximum absolute atomic E-state index is 11.8. The quantitative estimate of drug-likeness (QED) is 0.460. The largest absolute Gasteiger partial charge is 0.508 e. The number of benzene rings is 2. The van der Waals surface area contributed by atoms with Crippen molar-refractivity contribution in [2.24, 2.45) is 5.10 Å². The number of hydrazone groups is 1. The third-order valence-corrected chi connectivity index (χ3v) is 3.69. The highest BCUT2D eigenvalue weighted by atomic mass is 16.6. The van der Waals surface area contributed by atoms with Gasteiger partial charge in [0.25, 0.3) is 11.6 Å². The second-order valence-corrected chi connectivity index (χ2v) is 6.86. The minimum absolute atomic E-state index is 0.0269. The van der Waals surface area contributed by atoms with E-state index in [9.17, 15) is 20.0 Å². The summed E-state index contributed by atoms with van der Waals surface area (Å²) in [4.78, 5) is 22.1. The van der Waals surface area contributed by atoms with Crippen molar-refractivity contribution in [1.29, 1.82) is 0 Å². The van der Waals surface area contributed by atoms with Crippen LogP contribution in [0.1, 0.15) is 31.9 Å². The molecule has 0 atom stereocenters. The number of nitro benzene ring substituents is 1. The van der Waals surface area contributed by atoms with Crippen LogP contribution in [-0.4, -0.2) is 28.8 Å². The Balaban J connectivity index is 1.91. The van der Waals surface area contributed by atoms with Crippen LogP contribution >= 0.6 is 0 Å². The van der Waals surface area contributed by atoms with Crippen LogP contribution in [0.15, 0.2) is 47.6 Å². The van der Waals surface area contributed by atoms with Gasteiger partial charge in [-0.3, -0.25) is 14.9 Å². The third kappa shape index (κ3) is 5.81. The molecule has 0 bridgehead atoms. The average Bonchev–Trinajstić information content (AvgIpc) is 2.59. The lowest BCUT2D eigenvalue weighted by molar-refractivity contribution is -0.385. The number of aromatic hydroxyl groups is 1. The fourth-order valence-electron chi connectivity index (χ4n) is 2.22. The number of hydrogen-bond donors (Lipinski definition) is 2. The van der Waals surface area contributed by atoms with E-state index >= 15 is 0 Å². The smallest absolute Gasteiger partial charge is 0.278 e. The number of phenolic OH excluding ortho intramolecular Hbond substituents is 1. The Morgan fingerprint density at radius 1 is 1.26 bits per heavy atom. The molecule has 0 radical (unpaired) electrons. The number of carbonyl (C=O) groups is 1. The maximum Gasteiger partial charge on any atom is 0.278 e. The first-order valence-electron chi connectivity index (χ1n) is 8.19. The summed E-state index contributed by atoms with van der Waals surface area (Å²) in [5, 5.41) is 24.0. The number of carbonyl (C=O) groups excluding carboxylic acids is 1. The molecule has 142 valence electrons. The molecular formula is C19H21N3O5. The minimum Gasteiger partial charge on any atom is -0.508 e. The van der Waals surface area contributed by atoms with Crippen LogP contribution in [0.5, 0.6) is 11.5 Å². The van der Waals surface area contributed by atoms with E-state index in [1.165, 1.54) is 12.1 Å². The predicted octanol–water partition coefficient (Wildman–Crippen LogP) is 3.13. The van der Waals surface area contributed by atoms with E-state index in [4.69, 9.17) is 4.74 Å². The van der Waals surface area contributed by atoms with E-state index in [2.05, 4.69) is 31.3 Å². The SMILES string of the molecule is CC(C)(C)c1ccc(OCC(=O)N/N=C\c2cc(O)ccc2[N+](=O)[O-])cc1. The molecule has 8 nitrogen and oxygen atoms in total. The molecule has 2 N–H and O–H groups in total. The van der Waals surface area contributed by atoms with Gasteiger partial charge in [0.05, 0.1) is 16.7 Å². The fourth-order valence-corrected chi connectivity index (χ4v) is 2.22.